The molecule has 0 aromatic carbocycles. The maximum Gasteiger partial charge on any atom is 0.333 e. The molecular formula is C12H18O2. The second-order valence-electron chi connectivity index (χ2n) is 4.03. The van der Waals surface area contributed by atoms with Crippen LogP contribution >= 0.6 is 0 Å². The van der Waals surface area contributed by atoms with Gasteiger partial charge in [0.25, 0.3) is 0 Å². The van der Waals surface area contributed by atoms with Crippen LogP contribution in [0.5, 0.6) is 0 Å². The molecule has 14 heavy (non-hydrogen) atoms. The van der Waals surface area contributed by atoms with Crippen molar-refractivity contribution in [2.45, 2.75) is 46.1 Å². The van der Waals surface area contributed by atoms with Gasteiger partial charge in [-0.25, -0.2) is 4.79 Å². The maximum atomic E-state index is 11.3. The Balaban J connectivity index is 2.66. The molecule has 0 fully saturated rings. The van der Waals surface area contributed by atoms with E-state index in [0.717, 1.165) is 19.3 Å². The summed E-state index contributed by atoms with van der Waals surface area (Å²) in [5, 5.41) is 0. The second kappa shape index (κ2) is 4.45. The molecule has 2 nitrogen and oxygen atoms in total. The van der Waals surface area contributed by atoms with Gasteiger partial charge in [0.2, 0.25) is 0 Å². The lowest BCUT2D eigenvalue weighted by atomic mass is 9.91. The van der Waals surface area contributed by atoms with Crippen LogP contribution in [0.4, 0.5) is 0 Å². The van der Waals surface area contributed by atoms with Crippen molar-refractivity contribution in [3.63, 3.8) is 0 Å². The molecule has 0 N–H and O–H groups in total. The van der Waals surface area contributed by atoms with Gasteiger partial charge in [-0.05, 0) is 45.6 Å². The predicted molar refractivity (Wildman–Crippen MR) is 56.9 cm³/mol. The first kappa shape index (κ1) is 11.0. The molecule has 0 aromatic rings. The Bertz CT molecular complexity index is 287. The number of ether oxygens (including phenoxy) is 1. The summed E-state index contributed by atoms with van der Waals surface area (Å²) >= 11 is 0. The van der Waals surface area contributed by atoms with Crippen molar-refractivity contribution >= 4 is 5.97 Å². The SMILES string of the molecule is C=C(C)C(=O)OC1CCCC(C)=C1C. The highest BCUT2D eigenvalue weighted by Gasteiger charge is 2.21. The van der Waals surface area contributed by atoms with Crippen molar-refractivity contribution in [3.05, 3.63) is 23.3 Å². The fraction of sp³-hybridized carbons (Fsp3) is 0.583. The fourth-order valence-corrected chi connectivity index (χ4v) is 1.62. The zero-order chi connectivity index (χ0) is 10.7. The van der Waals surface area contributed by atoms with Crippen molar-refractivity contribution in [2.75, 3.05) is 0 Å². The van der Waals surface area contributed by atoms with E-state index < -0.39 is 0 Å². The van der Waals surface area contributed by atoms with Crippen LogP contribution in [-0.2, 0) is 9.53 Å². The van der Waals surface area contributed by atoms with Crippen LogP contribution in [0.2, 0.25) is 0 Å². The Morgan fingerprint density at radius 1 is 1.50 bits per heavy atom. The third-order valence-corrected chi connectivity index (χ3v) is 2.77. The fourth-order valence-electron chi connectivity index (χ4n) is 1.62. The van der Waals surface area contributed by atoms with Gasteiger partial charge in [0.15, 0.2) is 0 Å². The van der Waals surface area contributed by atoms with Crippen LogP contribution in [0.25, 0.3) is 0 Å². The van der Waals surface area contributed by atoms with E-state index in [-0.39, 0.29) is 12.1 Å². The van der Waals surface area contributed by atoms with Gasteiger partial charge in [-0.1, -0.05) is 12.2 Å². The number of hydrogen-bond acceptors (Lipinski definition) is 2. The van der Waals surface area contributed by atoms with Crippen LogP contribution in [0.3, 0.4) is 0 Å². The van der Waals surface area contributed by atoms with Crippen molar-refractivity contribution in [1.29, 1.82) is 0 Å². The van der Waals surface area contributed by atoms with E-state index in [9.17, 15) is 4.79 Å². The van der Waals surface area contributed by atoms with Gasteiger partial charge in [0.05, 0.1) is 0 Å². The highest BCUT2D eigenvalue weighted by atomic mass is 16.5. The van der Waals surface area contributed by atoms with Crippen molar-refractivity contribution < 1.29 is 9.53 Å². The van der Waals surface area contributed by atoms with Gasteiger partial charge in [0.1, 0.15) is 6.10 Å². The van der Waals surface area contributed by atoms with Crippen LogP contribution in [0, 0.1) is 0 Å². The Labute approximate surface area is 85.6 Å². The minimum atomic E-state index is -0.274. The third kappa shape index (κ3) is 2.47. The quantitative estimate of drug-likeness (QED) is 0.384. The lowest BCUT2D eigenvalue weighted by molar-refractivity contribution is -0.143. The van der Waals surface area contributed by atoms with Crippen LogP contribution in [0.1, 0.15) is 40.0 Å². The highest BCUT2D eigenvalue weighted by molar-refractivity contribution is 5.87. The molecule has 0 aliphatic heterocycles. The van der Waals surface area contributed by atoms with E-state index in [4.69, 9.17) is 4.74 Å². The minimum Gasteiger partial charge on any atom is -0.455 e. The van der Waals surface area contributed by atoms with Crippen LogP contribution in [-0.4, -0.2) is 12.1 Å². The van der Waals surface area contributed by atoms with Crippen molar-refractivity contribution in [2.24, 2.45) is 0 Å². The molecule has 78 valence electrons. The molecule has 1 rings (SSSR count). The van der Waals surface area contributed by atoms with E-state index >= 15 is 0 Å². The molecule has 1 unspecified atom stereocenters. The van der Waals surface area contributed by atoms with E-state index in [2.05, 4.69) is 13.5 Å². The smallest absolute Gasteiger partial charge is 0.333 e. The third-order valence-electron chi connectivity index (χ3n) is 2.77. The van der Waals surface area contributed by atoms with Crippen LogP contribution in [0.15, 0.2) is 23.3 Å². The van der Waals surface area contributed by atoms with E-state index in [0.29, 0.717) is 5.57 Å². The molecule has 0 heterocycles. The number of hydrogen-bond donors (Lipinski definition) is 0. The summed E-state index contributed by atoms with van der Waals surface area (Å²) in [4.78, 5) is 11.3. The molecule has 0 spiro atoms. The van der Waals surface area contributed by atoms with Gasteiger partial charge in [-0.15, -0.1) is 0 Å². The topological polar surface area (TPSA) is 26.3 Å². The molecule has 1 aliphatic carbocycles. The largest absolute Gasteiger partial charge is 0.455 e. The Hall–Kier alpha value is -1.05. The molecule has 1 atom stereocenters. The Morgan fingerprint density at radius 3 is 2.71 bits per heavy atom. The summed E-state index contributed by atoms with van der Waals surface area (Å²) in [6.07, 6.45) is 3.17. The minimum absolute atomic E-state index is 0.0204. The first-order chi connectivity index (χ1) is 6.52. The first-order valence-corrected chi connectivity index (χ1v) is 5.05. The van der Waals surface area contributed by atoms with E-state index in [1.54, 1.807) is 6.92 Å². The maximum absolute atomic E-state index is 11.3. The average Bonchev–Trinajstić information content (AvgIpc) is 2.12. The molecule has 0 bridgehead atoms. The molecule has 0 saturated heterocycles. The summed E-state index contributed by atoms with van der Waals surface area (Å²) in [6, 6.07) is 0. The van der Waals surface area contributed by atoms with E-state index in [1.807, 2.05) is 6.92 Å². The molecule has 0 radical (unpaired) electrons. The summed E-state index contributed by atoms with van der Waals surface area (Å²) in [6.45, 7) is 9.41. The summed E-state index contributed by atoms with van der Waals surface area (Å²) in [5.74, 6) is -0.274. The monoisotopic (exact) mass is 194 g/mol. The molecular weight excluding hydrogens is 176 g/mol. The molecule has 0 saturated carbocycles. The highest BCUT2D eigenvalue weighted by Crippen LogP contribution is 2.26. The first-order valence-electron chi connectivity index (χ1n) is 5.05. The number of esters is 1. The van der Waals surface area contributed by atoms with Gasteiger partial charge in [0, 0.05) is 5.57 Å². The van der Waals surface area contributed by atoms with Crippen molar-refractivity contribution in [1.82, 2.24) is 0 Å². The summed E-state index contributed by atoms with van der Waals surface area (Å²) < 4.78 is 5.34. The molecule has 2 heteroatoms. The number of allylic oxidation sites excluding steroid dienone is 1. The summed E-state index contributed by atoms with van der Waals surface area (Å²) in [5.41, 5.74) is 3.04. The average molecular weight is 194 g/mol. The molecule has 0 aromatic heterocycles. The predicted octanol–water partition coefficient (Wildman–Crippen LogP) is 2.99. The lowest BCUT2D eigenvalue weighted by Crippen LogP contribution is -2.23. The van der Waals surface area contributed by atoms with Gasteiger partial charge < -0.3 is 4.74 Å². The standard InChI is InChI=1S/C12H18O2/c1-8(2)12(13)14-11-7-5-6-9(3)10(11)4/h11H,1,5-7H2,2-4H3. The zero-order valence-electron chi connectivity index (χ0n) is 9.22. The number of carbonyl (C=O) groups is 1. The van der Waals surface area contributed by atoms with Gasteiger partial charge >= 0.3 is 5.97 Å². The second-order valence-corrected chi connectivity index (χ2v) is 4.03. The number of rotatable bonds is 2. The molecule has 1 aliphatic rings. The number of carbonyl (C=O) groups excluding carboxylic acids is 1. The summed E-state index contributed by atoms with van der Waals surface area (Å²) in [7, 11) is 0. The molecule has 0 amide bonds. The Morgan fingerprint density at radius 2 is 2.14 bits per heavy atom. The Kier molecular flexibility index (Phi) is 3.50. The lowest BCUT2D eigenvalue weighted by Gasteiger charge is -2.25. The van der Waals surface area contributed by atoms with Crippen molar-refractivity contribution in [3.8, 4) is 0 Å². The zero-order valence-corrected chi connectivity index (χ0v) is 9.22. The van der Waals surface area contributed by atoms with Crippen LogP contribution < -0.4 is 0 Å². The van der Waals surface area contributed by atoms with Gasteiger partial charge in [-0.3, -0.25) is 0 Å². The van der Waals surface area contributed by atoms with E-state index in [1.165, 1.54) is 11.1 Å². The normalized spacial score (nSPS) is 22.1. The van der Waals surface area contributed by atoms with Gasteiger partial charge in [-0.2, -0.15) is 0 Å².